The van der Waals surface area contributed by atoms with Gasteiger partial charge in [-0.2, -0.15) is 0 Å². The molecule has 3 aromatic carbocycles. The zero-order valence-corrected chi connectivity index (χ0v) is 12.2. The quantitative estimate of drug-likeness (QED) is 0.748. The molecule has 0 aliphatic carbocycles. The molecule has 1 N–H and O–H groups in total. The molecule has 3 aromatic rings. The molecule has 0 aliphatic rings. The fourth-order valence-electron chi connectivity index (χ4n) is 2.34. The van der Waals surface area contributed by atoms with E-state index in [0.29, 0.717) is 22.8 Å². The number of fused-ring (bicyclic) bond motifs is 1. The third-order valence-electron chi connectivity index (χ3n) is 3.42. The Hall–Kier alpha value is -2.19. The lowest BCUT2D eigenvalue weighted by Crippen LogP contribution is -2.01. The van der Waals surface area contributed by atoms with Crippen LogP contribution in [0.2, 0.25) is 5.02 Å². The Kier molecular flexibility index (Phi) is 3.98. The van der Waals surface area contributed by atoms with Gasteiger partial charge in [-0.3, -0.25) is 0 Å². The molecule has 0 saturated carbocycles. The summed E-state index contributed by atoms with van der Waals surface area (Å²) >= 11 is 6.06. The zero-order chi connectivity index (χ0) is 14.7. The van der Waals surface area contributed by atoms with Gasteiger partial charge in [-0.15, -0.1) is 0 Å². The number of benzene rings is 3. The number of aromatic hydroxyl groups is 1. The average Bonchev–Trinajstić information content (AvgIpc) is 2.53. The molecule has 3 heteroatoms. The van der Waals surface area contributed by atoms with E-state index in [2.05, 4.69) is 12.1 Å². The molecule has 0 aliphatic heterocycles. The van der Waals surface area contributed by atoms with E-state index >= 15 is 0 Å². The van der Waals surface area contributed by atoms with Crippen molar-refractivity contribution in [2.24, 2.45) is 0 Å². The van der Waals surface area contributed by atoms with Crippen molar-refractivity contribution in [3.63, 3.8) is 0 Å². The van der Waals surface area contributed by atoms with Crippen LogP contribution >= 0.6 is 11.6 Å². The van der Waals surface area contributed by atoms with Gasteiger partial charge < -0.3 is 9.84 Å². The van der Waals surface area contributed by atoms with Crippen molar-refractivity contribution in [2.75, 3.05) is 6.61 Å². The molecule has 0 atom stereocenters. The Labute approximate surface area is 128 Å². The van der Waals surface area contributed by atoms with Crippen molar-refractivity contribution in [2.45, 2.75) is 6.42 Å². The van der Waals surface area contributed by atoms with E-state index < -0.39 is 0 Å². The molecule has 3 rings (SSSR count). The Balaban J connectivity index is 1.82. The minimum Gasteiger partial charge on any atom is -0.506 e. The number of phenols is 1. The van der Waals surface area contributed by atoms with Crippen LogP contribution in [-0.4, -0.2) is 11.7 Å². The number of ether oxygens (including phenoxy) is 1. The van der Waals surface area contributed by atoms with Crippen molar-refractivity contribution >= 4 is 22.4 Å². The van der Waals surface area contributed by atoms with Gasteiger partial charge in [0.05, 0.1) is 11.6 Å². The predicted molar refractivity (Wildman–Crippen MR) is 86.3 cm³/mol. The van der Waals surface area contributed by atoms with Crippen LogP contribution in [0, 0.1) is 0 Å². The molecular formula is C18H15ClO2. The van der Waals surface area contributed by atoms with E-state index in [0.717, 1.165) is 11.8 Å². The van der Waals surface area contributed by atoms with E-state index in [9.17, 15) is 5.11 Å². The van der Waals surface area contributed by atoms with Gasteiger partial charge >= 0.3 is 0 Å². The van der Waals surface area contributed by atoms with Crippen LogP contribution in [-0.2, 0) is 6.42 Å². The highest BCUT2D eigenvalue weighted by atomic mass is 35.5. The first-order valence-corrected chi connectivity index (χ1v) is 7.20. The molecular weight excluding hydrogens is 284 g/mol. The summed E-state index contributed by atoms with van der Waals surface area (Å²) in [4.78, 5) is 0. The summed E-state index contributed by atoms with van der Waals surface area (Å²) in [7, 11) is 0. The fraction of sp³-hybridized carbons (Fsp3) is 0.111. The van der Waals surface area contributed by atoms with Gasteiger partial charge in [0.2, 0.25) is 0 Å². The number of rotatable bonds is 4. The van der Waals surface area contributed by atoms with Gasteiger partial charge in [-0.25, -0.2) is 0 Å². The molecule has 0 amide bonds. The fourth-order valence-corrected chi connectivity index (χ4v) is 2.54. The summed E-state index contributed by atoms with van der Waals surface area (Å²) in [6.07, 6.45) is 0.827. The van der Waals surface area contributed by atoms with Crippen LogP contribution in [0.4, 0.5) is 0 Å². The van der Waals surface area contributed by atoms with Crippen LogP contribution in [0.15, 0.2) is 60.7 Å². The normalized spacial score (nSPS) is 10.7. The van der Waals surface area contributed by atoms with Crippen LogP contribution in [0.5, 0.6) is 11.5 Å². The number of hydrogen-bond acceptors (Lipinski definition) is 2. The van der Waals surface area contributed by atoms with Gasteiger partial charge in [0, 0.05) is 23.3 Å². The molecule has 0 unspecified atom stereocenters. The maximum absolute atomic E-state index is 10.00. The first-order chi connectivity index (χ1) is 10.3. The SMILES string of the molecule is Oc1c(Cl)cc(OCCc2ccccc2)c2ccccc12. The Bertz CT molecular complexity index is 754. The van der Waals surface area contributed by atoms with E-state index in [-0.39, 0.29) is 5.75 Å². The van der Waals surface area contributed by atoms with Crippen molar-refractivity contribution < 1.29 is 9.84 Å². The Morgan fingerprint density at radius 3 is 2.33 bits per heavy atom. The van der Waals surface area contributed by atoms with Crippen molar-refractivity contribution in [3.8, 4) is 11.5 Å². The van der Waals surface area contributed by atoms with Crippen LogP contribution < -0.4 is 4.74 Å². The molecule has 0 spiro atoms. The lowest BCUT2D eigenvalue weighted by atomic mass is 10.1. The Morgan fingerprint density at radius 2 is 1.57 bits per heavy atom. The smallest absolute Gasteiger partial charge is 0.142 e. The van der Waals surface area contributed by atoms with E-state index in [1.54, 1.807) is 6.07 Å². The summed E-state index contributed by atoms with van der Waals surface area (Å²) in [5.41, 5.74) is 1.23. The lowest BCUT2D eigenvalue weighted by Gasteiger charge is -2.11. The largest absolute Gasteiger partial charge is 0.506 e. The monoisotopic (exact) mass is 298 g/mol. The summed E-state index contributed by atoms with van der Waals surface area (Å²) in [5, 5.41) is 11.9. The minimum atomic E-state index is 0.0997. The molecule has 0 bridgehead atoms. The maximum Gasteiger partial charge on any atom is 0.142 e. The second-order valence-corrected chi connectivity index (χ2v) is 5.24. The van der Waals surface area contributed by atoms with Crippen LogP contribution in [0.3, 0.4) is 0 Å². The molecule has 0 radical (unpaired) electrons. The summed E-state index contributed by atoms with van der Waals surface area (Å²) in [6, 6.07) is 19.4. The third-order valence-corrected chi connectivity index (χ3v) is 3.71. The average molecular weight is 299 g/mol. The zero-order valence-electron chi connectivity index (χ0n) is 11.4. The topological polar surface area (TPSA) is 29.5 Å². The van der Waals surface area contributed by atoms with Gasteiger partial charge in [0.15, 0.2) is 0 Å². The van der Waals surface area contributed by atoms with E-state index in [4.69, 9.17) is 16.3 Å². The number of hydrogen-bond donors (Lipinski definition) is 1. The second kappa shape index (κ2) is 6.06. The molecule has 0 fully saturated rings. The van der Waals surface area contributed by atoms with E-state index in [1.165, 1.54) is 5.56 Å². The highest BCUT2D eigenvalue weighted by molar-refractivity contribution is 6.33. The maximum atomic E-state index is 10.00. The molecule has 106 valence electrons. The van der Waals surface area contributed by atoms with E-state index in [1.807, 2.05) is 42.5 Å². The van der Waals surface area contributed by atoms with Crippen molar-refractivity contribution in [1.82, 2.24) is 0 Å². The second-order valence-electron chi connectivity index (χ2n) is 4.83. The Morgan fingerprint density at radius 1 is 0.905 bits per heavy atom. The lowest BCUT2D eigenvalue weighted by molar-refractivity contribution is 0.325. The highest BCUT2D eigenvalue weighted by Gasteiger charge is 2.10. The highest BCUT2D eigenvalue weighted by Crippen LogP contribution is 2.38. The summed E-state index contributed by atoms with van der Waals surface area (Å²) < 4.78 is 5.86. The van der Waals surface area contributed by atoms with Gasteiger partial charge in [0.1, 0.15) is 11.5 Å². The first kappa shape index (κ1) is 13.8. The van der Waals surface area contributed by atoms with Crippen LogP contribution in [0.1, 0.15) is 5.56 Å². The number of phenolic OH excluding ortho intramolecular Hbond substituents is 1. The third kappa shape index (κ3) is 2.96. The van der Waals surface area contributed by atoms with Crippen molar-refractivity contribution in [3.05, 3.63) is 71.2 Å². The standard InChI is InChI=1S/C18H15ClO2/c19-16-12-17(14-8-4-5-9-15(14)18(16)20)21-11-10-13-6-2-1-3-7-13/h1-9,12,20H,10-11H2. The van der Waals surface area contributed by atoms with Gasteiger partial charge in [-0.1, -0.05) is 66.2 Å². The molecule has 2 nitrogen and oxygen atoms in total. The molecule has 21 heavy (non-hydrogen) atoms. The van der Waals surface area contributed by atoms with Crippen LogP contribution in [0.25, 0.3) is 10.8 Å². The molecule has 0 heterocycles. The van der Waals surface area contributed by atoms with Crippen molar-refractivity contribution in [1.29, 1.82) is 0 Å². The molecule has 0 saturated heterocycles. The summed E-state index contributed by atoms with van der Waals surface area (Å²) in [5.74, 6) is 0.798. The minimum absolute atomic E-state index is 0.0997. The predicted octanol–water partition coefficient (Wildman–Crippen LogP) is 4.82. The van der Waals surface area contributed by atoms with Gasteiger partial charge in [-0.05, 0) is 5.56 Å². The number of halogens is 1. The molecule has 0 aromatic heterocycles. The van der Waals surface area contributed by atoms with Gasteiger partial charge in [0.25, 0.3) is 0 Å². The first-order valence-electron chi connectivity index (χ1n) is 6.82. The summed E-state index contributed by atoms with van der Waals surface area (Å²) in [6.45, 7) is 0.565.